The number of piperidine rings is 1. The molecule has 110 valence electrons. The fourth-order valence-corrected chi connectivity index (χ4v) is 2.67. The van der Waals surface area contributed by atoms with Crippen LogP contribution in [0, 0.1) is 10.1 Å². The Kier molecular flexibility index (Phi) is 4.92. The Balaban J connectivity index is 2.18. The number of hydrogen-bond acceptors (Lipinski definition) is 5. The highest BCUT2D eigenvalue weighted by atomic mass is 16.6. The van der Waals surface area contributed by atoms with Crippen LogP contribution in [-0.4, -0.2) is 41.2 Å². The maximum Gasteiger partial charge on any atom is 0.273 e. The number of nitro groups is 1. The molecule has 20 heavy (non-hydrogen) atoms. The van der Waals surface area contributed by atoms with Crippen molar-refractivity contribution in [3.05, 3.63) is 33.9 Å². The monoisotopic (exact) mass is 280 g/mol. The zero-order valence-electron chi connectivity index (χ0n) is 11.6. The Labute approximate surface area is 118 Å². The van der Waals surface area contributed by atoms with Crippen LogP contribution in [0.4, 0.5) is 5.69 Å². The zero-order chi connectivity index (χ0) is 14.5. The van der Waals surface area contributed by atoms with E-state index in [2.05, 4.69) is 4.90 Å². The van der Waals surface area contributed by atoms with E-state index in [0.717, 1.165) is 31.4 Å². The van der Waals surface area contributed by atoms with Gasteiger partial charge in [0.1, 0.15) is 5.75 Å². The summed E-state index contributed by atoms with van der Waals surface area (Å²) in [6, 6.07) is 4.96. The van der Waals surface area contributed by atoms with E-state index >= 15 is 0 Å². The lowest BCUT2D eigenvalue weighted by atomic mass is 10.0. The molecule has 2 rings (SSSR count). The summed E-state index contributed by atoms with van der Waals surface area (Å²) >= 11 is 0. The van der Waals surface area contributed by atoms with Crippen molar-refractivity contribution in [2.45, 2.75) is 31.8 Å². The van der Waals surface area contributed by atoms with Gasteiger partial charge in [0.05, 0.1) is 24.7 Å². The van der Waals surface area contributed by atoms with Crippen molar-refractivity contribution in [3.63, 3.8) is 0 Å². The van der Waals surface area contributed by atoms with E-state index in [0.29, 0.717) is 12.3 Å². The van der Waals surface area contributed by atoms with E-state index in [4.69, 9.17) is 4.74 Å². The van der Waals surface area contributed by atoms with Gasteiger partial charge in [0.2, 0.25) is 0 Å². The normalized spacial score (nSPS) is 19.8. The number of aliphatic hydroxyl groups is 1. The smallest absolute Gasteiger partial charge is 0.273 e. The van der Waals surface area contributed by atoms with Crippen LogP contribution >= 0.6 is 0 Å². The Morgan fingerprint density at radius 3 is 2.90 bits per heavy atom. The lowest BCUT2D eigenvalue weighted by Gasteiger charge is -2.34. The highest BCUT2D eigenvalue weighted by molar-refractivity contribution is 5.42. The number of hydrogen-bond donors (Lipinski definition) is 1. The standard InChI is InChI=1S/C14H20N2O4/c1-20-14-7-11(6-13(8-14)16(18)19)9-15-5-3-2-4-12(15)10-17/h6-8,12,17H,2-5,9-10H2,1H3. The molecule has 1 unspecified atom stereocenters. The van der Waals surface area contributed by atoms with Crippen LogP contribution in [-0.2, 0) is 6.54 Å². The minimum absolute atomic E-state index is 0.0388. The third kappa shape index (κ3) is 3.46. The third-order valence-electron chi connectivity index (χ3n) is 3.74. The van der Waals surface area contributed by atoms with Crippen LogP contribution < -0.4 is 4.74 Å². The van der Waals surface area contributed by atoms with Gasteiger partial charge in [-0.25, -0.2) is 0 Å². The minimum Gasteiger partial charge on any atom is -0.496 e. The number of benzene rings is 1. The fraction of sp³-hybridized carbons (Fsp3) is 0.571. The first kappa shape index (κ1) is 14.7. The molecule has 6 nitrogen and oxygen atoms in total. The van der Waals surface area contributed by atoms with Crippen molar-refractivity contribution in [3.8, 4) is 5.75 Å². The number of methoxy groups -OCH3 is 1. The molecule has 0 radical (unpaired) electrons. The molecule has 0 amide bonds. The van der Waals surface area contributed by atoms with Gasteiger partial charge in [0.15, 0.2) is 0 Å². The average molecular weight is 280 g/mol. The summed E-state index contributed by atoms with van der Waals surface area (Å²) in [5.74, 6) is 0.492. The van der Waals surface area contributed by atoms with Crippen molar-refractivity contribution >= 4 is 5.69 Å². The molecular weight excluding hydrogens is 260 g/mol. The predicted molar refractivity (Wildman–Crippen MR) is 74.8 cm³/mol. The molecule has 0 aliphatic carbocycles. The fourth-order valence-electron chi connectivity index (χ4n) is 2.67. The second-order valence-electron chi connectivity index (χ2n) is 5.10. The van der Waals surface area contributed by atoms with Crippen molar-refractivity contribution in [2.24, 2.45) is 0 Å². The van der Waals surface area contributed by atoms with Gasteiger partial charge in [-0.2, -0.15) is 0 Å². The summed E-state index contributed by atoms with van der Waals surface area (Å²) in [6.07, 6.45) is 3.20. The van der Waals surface area contributed by atoms with E-state index < -0.39 is 4.92 Å². The maximum absolute atomic E-state index is 10.9. The summed E-state index contributed by atoms with van der Waals surface area (Å²) in [5, 5.41) is 20.3. The molecule has 1 aromatic rings. The number of rotatable bonds is 5. The summed E-state index contributed by atoms with van der Waals surface area (Å²) < 4.78 is 5.12. The molecule has 1 aliphatic rings. The molecule has 0 bridgehead atoms. The molecule has 1 N–H and O–H groups in total. The van der Waals surface area contributed by atoms with Crippen LogP contribution in [0.2, 0.25) is 0 Å². The van der Waals surface area contributed by atoms with Crippen molar-refractivity contribution < 1.29 is 14.8 Å². The Morgan fingerprint density at radius 1 is 1.45 bits per heavy atom. The molecule has 0 aromatic heterocycles. The number of aliphatic hydroxyl groups excluding tert-OH is 1. The molecule has 1 heterocycles. The average Bonchev–Trinajstić information content (AvgIpc) is 2.47. The molecule has 1 saturated heterocycles. The highest BCUT2D eigenvalue weighted by Gasteiger charge is 2.22. The summed E-state index contributed by atoms with van der Waals surface area (Å²) in [4.78, 5) is 12.7. The van der Waals surface area contributed by atoms with E-state index in [9.17, 15) is 15.2 Å². The lowest BCUT2D eigenvalue weighted by Crippen LogP contribution is -2.41. The largest absolute Gasteiger partial charge is 0.496 e. The molecule has 1 fully saturated rings. The van der Waals surface area contributed by atoms with Crippen LogP contribution in [0.5, 0.6) is 5.75 Å². The highest BCUT2D eigenvalue weighted by Crippen LogP contribution is 2.25. The summed E-state index contributed by atoms with van der Waals surface area (Å²) in [6.45, 7) is 1.64. The summed E-state index contributed by atoms with van der Waals surface area (Å²) in [7, 11) is 1.50. The van der Waals surface area contributed by atoms with Crippen LogP contribution in [0.15, 0.2) is 18.2 Å². The molecule has 1 aliphatic heterocycles. The molecule has 0 saturated carbocycles. The second kappa shape index (κ2) is 6.67. The van der Waals surface area contributed by atoms with Crippen LogP contribution in [0.25, 0.3) is 0 Å². The van der Waals surface area contributed by atoms with Gasteiger partial charge in [-0.3, -0.25) is 15.0 Å². The zero-order valence-corrected chi connectivity index (χ0v) is 11.6. The number of non-ortho nitro benzene ring substituents is 1. The van der Waals surface area contributed by atoms with Gasteiger partial charge in [0.25, 0.3) is 5.69 Å². The van der Waals surface area contributed by atoms with Crippen LogP contribution in [0.1, 0.15) is 24.8 Å². The molecular formula is C14H20N2O4. The van der Waals surface area contributed by atoms with Gasteiger partial charge in [-0.1, -0.05) is 6.42 Å². The van der Waals surface area contributed by atoms with Crippen LogP contribution in [0.3, 0.4) is 0 Å². The van der Waals surface area contributed by atoms with Crippen molar-refractivity contribution in [1.82, 2.24) is 4.90 Å². The van der Waals surface area contributed by atoms with Gasteiger partial charge in [0, 0.05) is 18.7 Å². The number of likely N-dealkylation sites (tertiary alicyclic amines) is 1. The Bertz CT molecular complexity index is 478. The first-order valence-electron chi connectivity index (χ1n) is 6.81. The molecule has 1 atom stereocenters. The van der Waals surface area contributed by atoms with E-state index in [1.807, 2.05) is 6.07 Å². The quantitative estimate of drug-likeness (QED) is 0.659. The number of ether oxygens (including phenoxy) is 1. The lowest BCUT2D eigenvalue weighted by molar-refractivity contribution is -0.385. The number of nitrogens with zero attached hydrogens (tertiary/aromatic N) is 2. The molecule has 1 aromatic carbocycles. The van der Waals surface area contributed by atoms with Gasteiger partial charge < -0.3 is 9.84 Å². The first-order valence-corrected chi connectivity index (χ1v) is 6.81. The van der Waals surface area contributed by atoms with Gasteiger partial charge in [-0.15, -0.1) is 0 Å². The first-order chi connectivity index (χ1) is 9.63. The van der Waals surface area contributed by atoms with Crippen molar-refractivity contribution in [1.29, 1.82) is 0 Å². The predicted octanol–water partition coefficient (Wildman–Crippen LogP) is 1.95. The van der Waals surface area contributed by atoms with E-state index in [1.54, 1.807) is 6.07 Å². The maximum atomic E-state index is 10.9. The van der Waals surface area contributed by atoms with Crippen molar-refractivity contribution in [2.75, 3.05) is 20.3 Å². The molecule has 6 heteroatoms. The molecule has 0 spiro atoms. The summed E-state index contributed by atoms with van der Waals surface area (Å²) in [5.41, 5.74) is 0.883. The van der Waals surface area contributed by atoms with Gasteiger partial charge in [-0.05, 0) is 31.0 Å². The Hall–Kier alpha value is -1.66. The van der Waals surface area contributed by atoms with E-state index in [1.165, 1.54) is 13.2 Å². The minimum atomic E-state index is -0.411. The van der Waals surface area contributed by atoms with E-state index in [-0.39, 0.29) is 18.3 Å². The Morgan fingerprint density at radius 2 is 2.25 bits per heavy atom. The SMILES string of the molecule is COc1cc(CN2CCCCC2CO)cc([N+](=O)[O-])c1. The number of nitro benzene ring substituents is 1. The third-order valence-corrected chi connectivity index (χ3v) is 3.74. The van der Waals surface area contributed by atoms with Gasteiger partial charge >= 0.3 is 0 Å². The second-order valence-corrected chi connectivity index (χ2v) is 5.10. The topological polar surface area (TPSA) is 75.8 Å².